The molecule has 0 unspecified atom stereocenters. The highest BCUT2D eigenvalue weighted by atomic mass is 35.5. The first-order valence-corrected chi connectivity index (χ1v) is 8.38. The van der Waals surface area contributed by atoms with Crippen molar-refractivity contribution in [2.75, 3.05) is 39.0 Å². The van der Waals surface area contributed by atoms with Crippen LogP contribution in [0.15, 0.2) is 17.0 Å². The summed E-state index contributed by atoms with van der Waals surface area (Å²) in [7, 11) is -1.51. The molecule has 2 rings (SSSR count). The molecule has 112 valence electrons. The van der Waals surface area contributed by atoms with Gasteiger partial charge >= 0.3 is 0 Å². The number of nitrogens with zero attached hydrogens (tertiary/aromatic N) is 2. The zero-order valence-corrected chi connectivity index (χ0v) is 13.3. The number of aryl methyl sites for hydroxylation is 1. The highest BCUT2D eigenvalue weighted by Gasteiger charge is 2.28. The highest BCUT2D eigenvalue weighted by molar-refractivity contribution is 7.89. The number of hydrogen-bond donors (Lipinski definition) is 1. The largest absolute Gasteiger partial charge is 0.397 e. The molecule has 1 heterocycles. The standard InChI is InChI=1S/C13H20ClN3O2S/c1-10-8-11(14)12(15)9-13(10)20(18,19)17-5-3-4-16(2)6-7-17/h8-9H,3-7,15H2,1-2H3. The van der Waals surface area contributed by atoms with Gasteiger partial charge in [-0.3, -0.25) is 0 Å². The van der Waals surface area contributed by atoms with E-state index in [9.17, 15) is 8.42 Å². The van der Waals surface area contributed by atoms with E-state index in [0.29, 0.717) is 29.4 Å². The summed E-state index contributed by atoms with van der Waals surface area (Å²) in [5, 5.41) is 0.386. The number of rotatable bonds is 2. The molecule has 1 fully saturated rings. The normalized spacial score (nSPS) is 18.9. The zero-order chi connectivity index (χ0) is 14.9. The van der Waals surface area contributed by atoms with Gasteiger partial charge in [-0.15, -0.1) is 0 Å². The third-order valence-corrected chi connectivity index (χ3v) is 5.96. The molecule has 0 radical (unpaired) electrons. The molecule has 1 aromatic carbocycles. The number of anilines is 1. The minimum absolute atomic E-state index is 0.254. The summed E-state index contributed by atoms with van der Waals surface area (Å²) >= 11 is 5.93. The van der Waals surface area contributed by atoms with E-state index in [-0.39, 0.29) is 4.90 Å². The Kier molecular flexibility index (Phi) is 4.59. The quantitative estimate of drug-likeness (QED) is 0.841. The smallest absolute Gasteiger partial charge is 0.243 e. The van der Waals surface area contributed by atoms with Gasteiger partial charge in [0, 0.05) is 19.6 Å². The average molecular weight is 318 g/mol. The van der Waals surface area contributed by atoms with Gasteiger partial charge in [-0.2, -0.15) is 4.31 Å². The first-order valence-electron chi connectivity index (χ1n) is 6.56. The Bertz CT molecular complexity index is 604. The second-order valence-corrected chi connectivity index (χ2v) is 7.51. The second-order valence-electron chi connectivity index (χ2n) is 5.20. The Morgan fingerprint density at radius 1 is 1.20 bits per heavy atom. The van der Waals surface area contributed by atoms with Gasteiger partial charge in [0.1, 0.15) is 0 Å². The molecular formula is C13H20ClN3O2S. The third-order valence-electron chi connectivity index (χ3n) is 3.59. The monoisotopic (exact) mass is 317 g/mol. The van der Waals surface area contributed by atoms with Crippen LogP contribution in [0.3, 0.4) is 0 Å². The summed E-state index contributed by atoms with van der Waals surface area (Å²) < 4.78 is 27.0. The van der Waals surface area contributed by atoms with Gasteiger partial charge in [0.2, 0.25) is 10.0 Å². The van der Waals surface area contributed by atoms with E-state index in [1.54, 1.807) is 13.0 Å². The molecule has 7 heteroatoms. The number of hydrogen-bond acceptors (Lipinski definition) is 4. The fourth-order valence-electron chi connectivity index (χ4n) is 2.35. The topological polar surface area (TPSA) is 66.6 Å². The molecule has 0 bridgehead atoms. The molecule has 0 spiro atoms. The van der Waals surface area contributed by atoms with Gasteiger partial charge in [-0.05, 0) is 44.6 Å². The van der Waals surface area contributed by atoms with Crippen molar-refractivity contribution in [2.24, 2.45) is 0 Å². The minimum atomic E-state index is -3.51. The molecule has 1 aliphatic heterocycles. The van der Waals surface area contributed by atoms with E-state index >= 15 is 0 Å². The molecule has 1 saturated heterocycles. The lowest BCUT2D eigenvalue weighted by Gasteiger charge is -2.21. The van der Waals surface area contributed by atoms with Crippen LogP contribution >= 0.6 is 11.6 Å². The van der Waals surface area contributed by atoms with Crippen LogP contribution < -0.4 is 5.73 Å². The van der Waals surface area contributed by atoms with Gasteiger partial charge in [0.25, 0.3) is 0 Å². The Labute approximate surface area is 125 Å². The molecule has 2 N–H and O–H groups in total. The fourth-order valence-corrected chi connectivity index (χ4v) is 4.28. The van der Waals surface area contributed by atoms with E-state index < -0.39 is 10.0 Å². The van der Waals surface area contributed by atoms with Crippen LogP contribution in [-0.4, -0.2) is 50.8 Å². The van der Waals surface area contributed by atoms with E-state index in [4.69, 9.17) is 17.3 Å². The predicted octanol–water partition coefficient (Wildman–Crippen LogP) is 1.56. The van der Waals surface area contributed by atoms with Crippen molar-refractivity contribution in [2.45, 2.75) is 18.2 Å². The van der Waals surface area contributed by atoms with Crippen LogP contribution in [0.2, 0.25) is 5.02 Å². The van der Waals surface area contributed by atoms with Crippen molar-refractivity contribution < 1.29 is 8.42 Å². The first-order chi connectivity index (χ1) is 9.32. The number of sulfonamides is 1. The van der Waals surface area contributed by atoms with Gasteiger partial charge in [0.05, 0.1) is 15.6 Å². The molecule has 1 aromatic rings. The van der Waals surface area contributed by atoms with Crippen molar-refractivity contribution >= 4 is 27.3 Å². The third kappa shape index (κ3) is 3.09. The first kappa shape index (κ1) is 15.6. The lowest BCUT2D eigenvalue weighted by atomic mass is 10.2. The molecular weight excluding hydrogens is 298 g/mol. The van der Waals surface area contributed by atoms with Crippen LogP contribution in [0.25, 0.3) is 0 Å². The van der Waals surface area contributed by atoms with Crippen LogP contribution in [-0.2, 0) is 10.0 Å². The van der Waals surface area contributed by atoms with E-state index in [1.807, 2.05) is 7.05 Å². The van der Waals surface area contributed by atoms with Crippen molar-refractivity contribution in [1.82, 2.24) is 9.21 Å². The molecule has 5 nitrogen and oxygen atoms in total. The number of nitrogen functional groups attached to an aromatic ring is 1. The van der Waals surface area contributed by atoms with E-state index in [0.717, 1.165) is 19.5 Å². The van der Waals surface area contributed by atoms with E-state index in [1.165, 1.54) is 10.4 Å². The van der Waals surface area contributed by atoms with Gasteiger partial charge in [-0.25, -0.2) is 8.42 Å². The maximum atomic E-state index is 12.7. The Hall–Kier alpha value is -0.820. The summed E-state index contributed by atoms with van der Waals surface area (Å²) in [5.41, 5.74) is 6.67. The van der Waals surface area contributed by atoms with Crippen molar-refractivity contribution in [3.8, 4) is 0 Å². The summed E-state index contributed by atoms with van der Waals surface area (Å²) in [4.78, 5) is 2.39. The number of halogens is 1. The molecule has 0 aliphatic carbocycles. The van der Waals surface area contributed by atoms with Crippen molar-refractivity contribution in [3.05, 3.63) is 22.7 Å². The van der Waals surface area contributed by atoms with Gasteiger partial charge in [-0.1, -0.05) is 11.6 Å². The SMILES string of the molecule is Cc1cc(Cl)c(N)cc1S(=O)(=O)N1CCCN(C)CC1. The van der Waals surface area contributed by atoms with Crippen molar-refractivity contribution in [3.63, 3.8) is 0 Å². The molecule has 0 aromatic heterocycles. The maximum absolute atomic E-state index is 12.7. The number of nitrogens with two attached hydrogens (primary N) is 1. The summed E-state index contributed by atoms with van der Waals surface area (Å²) in [5.74, 6) is 0. The van der Waals surface area contributed by atoms with E-state index in [2.05, 4.69) is 4.90 Å². The number of benzene rings is 1. The molecule has 1 aliphatic rings. The fraction of sp³-hybridized carbons (Fsp3) is 0.538. The lowest BCUT2D eigenvalue weighted by Crippen LogP contribution is -2.34. The zero-order valence-electron chi connectivity index (χ0n) is 11.8. The average Bonchev–Trinajstić information content (AvgIpc) is 2.59. The summed E-state index contributed by atoms with van der Waals surface area (Å²) in [6, 6.07) is 3.06. The molecule has 0 atom stereocenters. The van der Waals surface area contributed by atoms with Crippen molar-refractivity contribution in [1.29, 1.82) is 0 Å². The minimum Gasteiger partial charge on any atom is -0.397 e. The highest BCUT2D eigenvalue weighted by Crippen LogP contribution is 2.28. The van der Waals surface area contributed by atoms with Crippen LogP contribution in [0.4, 0.5) is 5.69 Å². The van der Waals surface area contributed by atoms with Crippen LogP contribution in [0, 0.1) is 6.92 Å². The van der Waals surface area contributed by atoms with Crippen LogP contribution in [0.5, 0.6) is 0 Å². The molecule has 20 heavy (non-hydrogen) atoms. The van der Waals surface area contributed by atoms with Gasteiger partial charge < -0.3 is 10.6 Å². The Balaban J connectivity index is 2.37. The molecule has 0 saturated carbocycles. The maximum Gasteiger partial charge on any atom is 0.243 e. The Morgan fingerprint density at radius 2 is 1.90 bits per heavy atom. The van der Waals surface area contributed by atoms with Crippen LogP contribution in [0.1, 0.15) is 12.0 Å². The van der Waals surface area contributed by atoms with Gasteiger partial charge in [0.15, 0.2) is 0 Å². The predicted molar refractivity (Wildman–Crippen MR) is 81.5 cm³/mol. The summed E-state index contributed by atoms with van der Waals surface area (Å²) in [6.07, 6.45) is 0.831. The second kappa shape index (κ2) is 5.89. The summed E-state index contributed by atoms with van der Waals surface area (Å²) in [6.45, 7) is 4.42. The lowest BCUT2D eigenvalue weighted by molar-refractivity contribution is 0.347. The Morgan fingerprint density at radius 3 is 2.60 bits per heavy atom. The number of likely N-dealkylation sites (N-methyl/N-ethyl adjacent to an activating group) is 1. The molecule has 0 amide bonds.